The van der Waals surface area contributed by atoms with Gasteiger partial charge in [0.05, 0.1) is 6.17 Å². The maximum atomic E-state index is 13.0. The third-order valence-electron chi connectivity index (χ3n) is 6.03. The highest BCUT2D eigenvalue weighted by Crippen LogP contribution is 2.26. The van der Waals surface area contributed by atoms with Crippen molar-refractivity contribution < 1.29 is 4.79 Å². The Balaban J connectivity index is 1.84. The Kier molecular flexibility index (Phi) is 7.42. The highest BCUT2D eigenvalue weighted by Gasteiger charge is 2.27. The lowest BCUT2D eigenvalue weighted by atomic mass is 9.97. The van der Waals surface area contributed by atoms with Crippen molar-refractivity contribution in [2.75, 3.05) is 33.2 Å². The highest BCUT2D eigenvalue weighted by atomic mass is 16.2. The van der Waals surface area contributed by atoms with Gasteiger partial charge >= 0.3 is 0 Å². The average molecular weight is 400 g/mol. The first-order chi connectivity index (χ1) is 14.1. The minimum absolute atomic E-state index is 0.123. The van der Waals surface area contributed by atoms with Gasteiger partial charge in [-0.15, -0.1) is 0 Å². The second-order valence-electron chi connectivity index (χ2n) is 8.23. The summed E-state index contributed by atoms with van der Waals surface area (Å²) in [5.41, 5.74) is 3.26. The lowest BCUT2D eigenvalue weighted by Crippen LogP contribution is -2.44. The maximum absolute atomic E-state index is 13.0. The molecule has 0 saturated carbocycles. The van der Waals surface area contributed by atoms with Crippen molar-refractivity contribution in [3.8, 4) is 0 Å². The molecule has 0 aliphatic carbocycles. The number of hydrogen-bond donors (Lipinski definition) is 3. The summed E-state index contributed by atoms with van der Waals surface area (Å²) in [5.74, 6) is 2.06. The molecular weight excluding hydrogens is 362 g/mol. The fourth-order valence-corrected chi connectivity index (χ4v) is 4.16. The molecule has 6 nitrogen and oxygen atoms in total. The van der Waals surface area contributed by atoms with Crippen molar-refractivity contribution in [1.29, 1.82) is 0 Å². The quantitative estimate of drug-likeness (QED) is 0.614. The SMILES string of the molecule is CCCN(C1=CC(NC)NC=C1)C1=C(CC)C=C(C(=O)N2CCC(C)CC2)CN1. The second-order valence-corrected chi connectivity index (χ2v) is 8.23. The zero-order valence-electron chi connectivity index (χ0n) is 18.4. The second kappa shape index (κ2) is 10.0. The molecule has 3 rings (SSSR count). The molecule has 0 aromatic rings. The molecule has 3 heterocycles. The van der Waals surface area contributed by atoms with Gasteiger partial charge in [0.25, 0.3) is 5.91 Å². The molecular formula is C23H37N5O. The monoisotopic (exact) mass is 399 g/mol. The van der Waals surface area contributed by atoms with Gasteiger partial charge < -0.3 is 20.4 Å². The number of carbonyl (C=O) groups excluding carboxylic acids is 1. The molecule has 0 aromatic heterocycles. The molecule has 1 fully saturated rings. The van der Waals surface area contributed by atoms with Crippen LogP contribution in [0.3, 0.4) is 0 Å². The molecule has 6 heteroatoms. The van der Waals surface area contributed by atoms with Crippen LogP contribution in [0.4, 0.5) is 0 Å². The number of hydrogen-bond acceptors (Lipinski definition) is 5. The fourth-order valence-electron chi connectivity index (χ4n) is 4.16. The molecule has 0 radical (unpaired) electrons. The van der Waals surface area contributed by atoms with Crippen LogP contribution in [0.2, 0.25) is 0 Å². The Morgan fingerprint density at radius 2 is 2.07 bits per heavy atom. The molecule has 1 atom stereocenters. The van der Waals surface area contributed by atoms with Gasteiger partial charge in [-0.2, -0.15) is 0 Å². The topological polar surface area (TPSA) is 59.6 Å². The lowest BCUT2D eigenvalue weighted by Gasteiger charge is -2.36. The average Bonchev–Trinajstić information content (AvgIpc) is 2.77. The number of allylic oxidation sites excluding steroid dienone is 3. The number of dihydropyridines is 2. The number of likely N-dealkylation sites (tertiary alicyclic amines) is 1. The van der Waals surface area contributed by atoms with Crippen molar-refractivity contribution in [2.24, 2.45) is 5.92 Å². The van der Waals surface area contributed by atoms with Crippen LogP contribution in [0, 0.1) is 5.92 Å². The number of carbonyl (C=O) groups is 1. The maximum Gasteiger partial charge on any atom is 0.251 e. The summed E-state index contributed by atoms with van der Waals surface area (Å²) < 4.78 is 0. The predicted octanol–water partition coefficient (Wildman–Crippen LogP) is 2.65. The Morgan fingerprint density at radius 1 is 1.31 bits per heavy atom. The van der Waals surface area contributed by atoms with Gasteiger partial charge in [-0.25, -0.2) is 0 Å². The molecule has 160 valence electrons. The summed E-state index contributed by atoms with van der Waals surface area (Å²) in [5, 5.41) is 10.1. The minimum Gasteiger partial charge on any atom is -0.372 e. The zero-order chi connectivity index (χ0) is 20.8. The molecule has 3 N–H and O–H groups in total. The van der Waals surface area contributed by atoms with Crippen LogP contribution < -0.4 is 16.0 Å². The number of likely N-dealkylation sites (N-methyl/N-ethyl adjacent to an activating group) is 1. The molecule has 0 spiro atoms. The van der Waals surface area contributed by atoms with E-state index in [1.807, 2.05) is 18.1 Å². The fraction of sp³-hybridized carbons (Fsp3) is 0.609. The number of amides is 1. The van der Waals surface area contributed by atoms with Gasteiger partial charge in [0, 0.05) is 37.4 Å². The third-order valence-corrected chi connectivity index (χ3v) is 6.03. The van der Waals surface area contributed by atoms with E-state index < -0.39 is 0 Å². The molecule has 1 saturated heterocycles. The van der Waals surface area contributed by atoms with Gasteiger partial charge in [-0.3, -0.25) is 10.1 Å². The van der Waals surface area contributed by atoms with Crippen LogP contribution in [0.25, 0.3) is 0 Å². The molecule has 1 unspecified atom stereocenters. The van der Waals surface area contributed by atoms with Crippen LogP contribution in [-0.4, -0.2) is 55.1 Å². The first kappa shape index (κ1) is 21.5. The summed E-state index contributed by atoms with van der Waals surface area (Å²) in [7, 11) is 1.95. The van der Waals surface area contributed by atoms with E-state index in [9.17, 15) is 4.79 Å². The Morgan fingerprint density at radius 3 is 2.72 bits per heavy atom. The van der Waals surface area contributed by atoms with Gasteiger partial charge in [0.2, 0.25) is 0 Å². The van der Waals surface area contributed by atoms with E-state index in [2.05, 4.69) is 59.8 Å². The van der Waals surface area contributed by atoms with E-state index in [-0.39, 0.29) is 12.1 Å². The van der Waals surface area contributed by atoms with Crippen LogP contribution in [-0.2, 0) is 4.79 Å². The van der Waals surface area contributed by atoms with Crippen molar-refractivity contribution in [1.82, 2.24) is 25.8 Å². The summed E-state index contributed by atoms with van der Waals surface area (Å²) in [6, 6.07) is 0. The van der Waals surface area contributed by atoms with Crippen molar-refractivity contribution in [3.63, 3.8) is 0 Å². The molecule has 1 amide bonds. The summed E-state index contributed by atoms with van der Waals surface area (Å²) in [4.78, 5) is 17.4. The van der Waals surface area contributed by atoms with Crippen LogP contribution in [0.1, 0.15) is 46.5 Å². The first-order valence-corrected chi connectivity index (χ1v) is 11.1. The molecule has 0 aromatic carbocycles. The third kappa shape index (κ3) is 5.04. The largest absolute Gasteiger partial charge is 0.372 e. The van der Waals surface area contributed by atoms with Gasteiger partial charge in [-0.1, -0.05) is 20.8 Å². The molecule has 3 aliphatic heterocycles. The Bertz CT molecular complexity index is 713. The van der Waals surface area contributed by atoms with Gasteiger partial charge in [0.15, 0.2) is 0 Å². The van der Waals surface area contributed by atoms with Crippen LogP contribution >= 0.6 is 0 Å². The van der Waals surface area contributed by atoms with E-state index in [1.54, 1.807) is 0 Å². The Hall–Kier alpha value is -2.21. The summed E-state index contributed by atoms with van der Waals surface area (Å²) in [6.07, 6.45) is 12.7. The van der Waals surface area contributed by atoms with E-state index >= 15 is 0 Å². The number of piperidine rings is 1. The number of nitrogens with one attached hydrogen (secondary N) is 3. The van der Waals surface area contributed by atoms with Crippen LogP contribution in [0.5, 0.6) is 0 Å². The van der Waals surface area contributed by atoms with E-state index in [4.69, 9.17) is 0 Å². The van der Waals surface area contributed by atoms with Crippen molar-refractivity contribution in [2.45, 2.75) is 52.6 Å². The lowest BCUT2D eigenvalue weighted by molar-refractivity contribution is -0.128. The van der Waals surface area contributed by atoms with Crippen molar-refractivity contribution >= 4 is 5.91 Å². The van der Waals surface area contributed by atoms with Crippen molar-refractivity contribution in [3.05, 3.63) is 47.1 Å². The summed E-state index contributed by atoms with van der Waals surface area (Å²) >= 11 is 0. The number of rotatable bonds is 7. The van der Waals surface area contributed by atoms with E-state index in [0.29, 0.717) is 6.54 Å². The Labute approximate surface area is 175 Å². The van der Waals surface area contributed by atoms with E-state index in [0.717, 1.165) is 62.6 Å². The van der Waals surface area contributed by atoms with Crippen LogP contribution in [0.15, 0.2) is 47.1 Å². The highest BCUT2D eigenvalue weighted by molar-refractivity contribution is 5.94. The zero-order valence-corrected chi connectivity index (χ0v) is 18.4. The van der Waals surface area contributed by atoms with E-state index in [1.165, 1.54) is 11.3 Å². The molecule has 3 aliphatic rings. The number of nitrogens with zero attached hydrogens (tertiary/aromatic N) is 2. The molecule has 0 bridgehead atoms. The normalized spacial score (nSPS) is 22.6. The smallest absolute Gasteiger partial charge is 0.251 e. The van der Waals surface area contributed by atoms with Gasteiger partial charge in [-0.05, 0) is 68.6 Å². The van der Waals surface area contributed by atoms with Gasteiger partial charge in [0.1, 0.15) is 5.82 Å². The minimum atomic E-state index is 0.123. The first-order valence-electron chi connectivity index (χ1n) is 11.1. The molecule has 29 heavy (non-hydrogen) atoms. The standard InChI is InChI=1S/C23H37N5O/c1-5-11-28(20-7-10-25-21(15-20)24-4)22-18(6-2)14-19(16-26-22)23(29)27-12-8-17(3)9-13-27/h7,10,14-15,17,21,24-26H,5-6,8-9,11-13,16H2,1-4H3. The summed E-state index contributed by atoms with van der Waals surface area (Å²) in [6.45, 7) is 9.93. The predicted molar refractivity (Wildman–Crippen MR) is 119 cm³/mol.